The Morgan fingerprint density at radius 1 is 1.00 bits per heavy atom. The van der Waals surface area contributed by atoms with Gasteiger partial charge in [-0.15, -0.1) is 0 Å². The molecule has 9 nitrogen and oxygen atoms in total. The third-order valence-corrected chi connectivity index (χ3v) is 6.28. The molecule has 168 valence electrons. The summed E-state index contributed by atoms with van der Waals surface area (Å²) in [5.41, 5.74) is 2.51. The molecule has 0 amide bonds. The van der Waals surface area contributed by atoms with Gasteiger partial charge in [-0.2, -0.15) is 0 Å². The number of piperazine rings is 1. The van der Waals surface area contributed by atoms with Crippen molar-refractivity contribution in [3.8, 4) is 0 Å². The number of fused-ring (bicyclic) bond motifs is 1. The number of nitro benzene ring substituents is 1. The molecule has 1 saturated heterocycles. The number of nitrogens with zero attached hydrogens (tertiary/aromatic N) is 5. The first kappa shape index (κ1) is 21.2. The molecule has 3 aromatic carbocycles. The average molecular weight is 466 g/mol. The molecule has 33 heavy (non-hydrogen) atoms. The van der Waals surface area contributed by atoms with Crippen molar-refractivity contribution in [1.82, 2.24) is 10.1 Å². The van der Waals surface area contributed by atoms with E-state index >= 15 is 0 Å². The predicted molar refractivity (Wildman–Crippen MR) is 123 cm³/mol. The minimum atomic E-state index is -0.538. The number of hydrogen-bond acceptors (Lipinski definition) is 7. The number of aromatic nitrogens is 2. The van der Waals surface area contributed by atoms with Crippen LogP contribution < -0.4 is 9.80 Å². The van der Waals surface area contributed by atoms with E-state index in [1.807, 2.05) is 41.3 Å². The summed E-state index contributed by atoms with van der Waals surface area (Å²) in [6.07, 6.45) is 0. The van der Waals surface area contributed by atoms with Gasteiger partial charge in [0, 0.05) is 37.4 Å². The van der Waals surface area contributed by atoms with Crippen LogP contribution in [0.2, 0.25) is 5.02 Å². The van der Waals surface area contributed by atoms with Crippen LogP contribution >= 0.6 is 11.6 Å². The van der Waals surface area contributed by atoms with Crippen molar-refractivity contribution < 1.29 is 14.5 Å². The smallest absolute Gasteiger partial charge is 0.315 e. The van der Waals surface area contributed by atoms with Crippen LogP contribution in [0, 0.1) is 15.3 Å². The Bertz CT molecular complexity index is 1250. The fourth-order valence-corrected chi connectivity index (χ4v) is 4.78. The Kier molecular flexibility index (Phi) is 5.57. The van der Waals surface area contributed by atoms with E-state index < -0.39 is 4.92 Å². The summed E-state index contributed by atoms with van der Waals surface area (Å²) in [6.45, 7) is 2.29. The number of rotatable bonds is 5. The van der Waals surface area contributed by atoms with Crippen molar-refractivity contribution in [2.24, 2.45) is 0 Å². The zero-order valence-electron chi connectivity index (χ0n) is 17.5. The molecule has 0 unspecified atom stereocenters. The predicted octanol–water partition coefficient (Wildman–Crippen LogP) is 3.93. The van der Waals surface area contributed by atoms with Crippen LogP contribution in [0.5, 0.6) is 0 Å². The van der Waals surface area contributed by atoms with E-state index in [-0.39, 0.29) is 38.4 Å². The van der Waals surface area contributed by atoms with Crippen LogP contribution in [0.15, 0.2) is 71.4 Å². The Balaban J connectivity index is 1.48. The Hall–Kier alpha value is -3.69. The molecule has 1 aliphatic heterocycles. The topological polar surface area (TPSA) is 103 Å². The van der Waals surface area contributed by atoms with E-state index in [0.29, 0.717) is 26.2 Å². The third kappa shape index (κ3) is 3.85. The number of nitro groups is 1. The highest BCUT2D eigenvalue weighted by Gasteiger charge is 2.35. The lowest BCUT2D eigenvalue weighted by molar-refractivity contribution is -0.782. The summed E-state index contributed by atoms with van der Waals surface area (Å²) in [5, 5.41) is 27.4. The van der Waals surface area contributed by atoms with Crippen LogP contribution in [-0.4, -0.2) is 41.2 Å². The van der Waals surface area contributed by atoms with Crippen LogP contribution in [0.3, 0.4) is 0 Å². The van der Waals surface area contributed by atoms with Gasteiger partial charge in [-0.05, 0) is 16.0 Å². The molecule has 0 spiro atoms. The van der Waals surface area contributed by atoms with Crippen molar-refractivity contribution in [2.75, 3.05) is 31.1 Å². The monoisotopic (exact) mass is 465 g/mol. The third-order valence-electron chi connectivity index (χ3n) is 5.99. The summed E-state index contributed by atoms with van der Waals surface area (Å²) in [7, 11) is 0. The van der Waals surface area contributed by atoms with Gasteiger partial charge in [0.2, 0.25) is 5.52 Å². The maximum absolute atomic E-state index is 11.9. The lowest BCUT2D eigenvalue weighted by atomic mass is 9.96. The van der Waals surface area contributed by atoms with Gasteiger partial charge in [0.25, 0.3) is 5.52 Å². The molecule has 0 aliphatic carbocycles. The van der Waals surface area contributed by atoms with Crippen LogP contribution in [0.25, 0.3) is 11.0 Å². The average Bonchev–Trinajstić information content (AvgIpc) is 3.20. The molecule has 0 atom stereocenters. The van der Waals surface area contributed by atoms with Crippen molar-refractivity contribution in [3.63, 3.8) is 0 Å². The van der Waals surface area contributed by atoms with E-state index in [2.05, 4.69) is 34.3 Å². The van der Waals surface area contributed by atoms with E-state index in [0.717, 1.165) is 0 Å². The fraction of sp³-hybridized carbons (Fsp3) is 0.217. The summed E-state index contributed by atoms with van der Waals surface area (Å²) in [5.74, 6) is 0. The van der Waals surface area contributed by atoms with Crippen LogP contribution in [-0.2, 0) is 0 Å². The van der Waals surface area contributed by atoms with E-state index in [9.17, 15) is 15.3 Å². The zero-order chi connectivity index (χ0) is 22.9. The second-order valence-corrected chi connectivity index (χ2v) is 8.26. The zero-order valence-corrected chi connectivity index (χ0v) is 18.3. The van der Waals surface area contributed by atoms with Crippen molar-refractivity contribution >= 4 is 34.0 Å². The molecule has 0 radical (unpaired) electrons. The quantitative estimate of drug-likeness (QED) is 0.250. The van der Waals surface area contributed by atoms with E-state index in [1.54, 1.807) is 0 Å². The van der Waals surface area contributed by atoms with Gasteiger partial charge in [0.1, 0.15) is 5.02 Å². The molecule has 4 aromatic rings. The molecule has 0 saturated carbocycles. The van der Waals surface area contributed by atoms with Crippen molar-refractivity contribution in [1.29, 1.82) is 0 Å². The van der Waals surface area contributed by atoms with Gasteiger partial charge in [-0.25, -0.2) is 0 Å². The lowest BCUT2D eigenvalue weighted by Gasteiger charge is -2.40. The fourth-order valence-electron chi connectivity index (χ4n) is 4.52. The standard InChI is InChI=1S/C23H20ClN5O4/c24-18-15-19-20(25-33-29(19)32)23(22(18)28(30)31)27-13-11-26(12-14-27)21(16-7-3-1-4-8-16)17-9-5-2-6-10-17/h1-10,15,21H,11-14H2. The number of hydrogen-bond donors (Lipinski definition) is 0. The molecule has 1 aromatic heterocycles. The molecule has 1 aliphatic rings. The number of benzene rings is 3. The van der Waals surface area contributed by atoms with Crippen molar-refractivity contribution in [3.05, 3.63) is 98.2 Å². The maximum atomic E-state index is 11.9. The Morgan fingerprint density at radius 3 is 2.12 bits per heavy atom. The molecule has 2 heterocycles. The van der Waals surface area contributed by atoms with Crippen molar-refractivity contribution in [2.45, 2.75) is 6.04 Å². The minimum absolute atomic E-state index is 0.0553. The van der Waals surface area contributed by atoms with E-state index in [1.165, 1.54) is 17.2 Å². The summed E-state index contributed by atoms with van der Waals surface area (Å²) in [4.78, 5) is 15.7. The first-order valence-electron chi connectivity index (χ1n) is 10.5. The Morgan fingerprint density at radius 2 is 1.58 bits per heavy atom. The molecule has 1 fully saturated rings. The van der Waals surface area contributed by atoms with Gasteiger partial charge in [-0.1, -0.05) is 72.3 Å². The summed E-state index contributed by atoms with van der Waals surface area (Å²) < 4.78 is 4.70. The van der Waals surface area contributed by atoms with Gasteiger partial charge in [0.05, 0.1) is 11.0 Å². The molecular weight excluding hydrogens is 446 g/mol. The molecule has 0 N–H and O–H groups in total. The van der Waals surface area contributed by atoms with Gasteiger partial charge in [0.15, 0.2) is 5.69 Å². The van der Waals surface area contributed by atoms with Crippen LogP contribution in [0.4, 0.5) is 11.4 Å². The summed E-state index contributed by atoms with van der Waals surface area (Å²) >= 11 is 6.19. The Labute approximate surface area is 194 Å². The second-order valence-electron chi connectivity index (χ2n) is 7.86. The normalized spacial score (nSPS) is 14.8. The second kappa shape index (κ2) is 8.68. The number of halogens is 1. The lowest BCUT2D eigenvalue weighted by Crippen LogP contribution is -2.48. The maximum Gasteiger partial charge on any atom is 0.315 e. The highest BCUT2D eigenvalue weighted by atomic mass is 35.5. The summed E-state index contributed by atoms with van der Waals surface area (Å²) in [6, 6.07) is 21.8. The highest BCUT2D eigenvalue weighted by molar-refractivity contribution is 6.34. The highest BCUT2D eigenvalue weighted by Crippen LogP contribution is 2.41. The SMILES string of the molecule is O=[N+]([O-])c1c(Cl)cc2c(no[n+]2[O-])c1N1CCN(C(c2ccccc2)c2ccccc2)CC1. The molecule has 5 rings (SSSR count). The van der Waals surface area contributed by atoms with E-state index in [4.69, 9.17) is 16.2 Å². The number of anilines is 1. The van der Waals surface area contributed by atoms with Gasteiger partial charge in [-0.3, -0.25) is 19.6 Å². The van der Waals surface area contributed by atoms with Crippen LogP contribution in [0.1, 0.15) is 17.2 Å². The van der Waals surface area contributed by atoms with Gasteiger partial charge < -0.3 is 10.1 Å². The first-order valence-corrected chi connectivity index (χ1v) is 10.9. The minimum Gasteiger partial charge on any atom is -0.360 e. The molecular formula is C23H20ClN5O4. The molecule has 10 heteroatoms. The van der Waals surface area contributed by atoms with Gasteiger partial charge >= 0.3 is 5.69 Å². The first-order chi connectivity index (χ1) is 16.0. The molecule has 0 bridgehead atoms. The largest absolute Gasteiger partial charge is 0.360 e.